The first kappa shape index (κ1) is 17.0. The molecular weight excluding hydrogens is 320 g/mol. The summed E-state index contributed by atoms with van der Waals surface area (Å²) in [6.45, 7) is 3.25. The zero-order valence-corrected chi connectivity index (χ0v) is 14.1. The molecule has 0 aliphatic carbocycles. The quantitative estimate of drug-likeness (QED) is 0.610. The Morgan fingerprint density at radius 1 is 1.20 bits per heavy atom. The molecule has 6 nitrogen and oxygen atoms in total. The van der Waals surface area contributed by atoms with Crippen molar-refractivity contribution in [2.24, 2.45) is 0 Å². The zero-order valence-electron chi connectivity index (χ0n) is 14.1. The van der Waals surface area contributed by atoms with Gasteiger partial charge in [-0.3, -0.25) is 14.9 Å². The summed E-state index contributed by atoms with van der Waals surface area (Å²) >= 11 is 0. The Hall–Kier alpha value is -2.89. The second-order valence-corrected chi connectivity index (χ2v) is 5.96. The van der Waals surface area contributed by atoms with Crippen molar-refractivity contribution in [3.8, 4) is 5.75 Å². The number of amides is 1. The van der Waals surface area contributed by atoms with Gasteiger partial charge in [0.2, 0.25) is 0 Å². The van der Waals surface area contributed by atoms with Crippen LogP contribution in [0.5, 0.6) is 5.75 Å². The van der Waals surface area contributed by atoms with Crippen molar-refractivity contribution in [3.05, 3.63) is 69.8 Å². The van der Waals surface area contributed by atoms with Gasteiger partial charge in [-0.05, 0) is 49.6 Å². The van der Waals surface area contributed by atoms with E-state index in [1.165, 1.54) is 24.3 Å². The third-order valence-electron chi connectivity index (χ3n) is 4.41. The number of hydrogen-bond donors (Lipinski definition) is 0. The number of nitro groups is 1. The van der Waals surface area contributed by atoms with E-state index in [0.29, 0.717) is 18.7 Å². The number of nitrogens with zero attached hydrogens (tertiary/aromatic N) is 2. The average molecular weight is 340 g/mol. The van der Waals surface area contributed by atoms with E-state index < -0.39 is 4.92 Å². The zero-order chi connectivity index (χ0) is 17.8. The van der Waals surface area contributed by atoms with Crippen LogP contribution in [0.1, 0.15) is 41.7 Å². The maximum Gasteiger partial charge on any atom is 0.269 e. The van der Waals surface area contributed by atoms with Crippen LogP contribution in [0.4, 0.5) is 5.69 Å². The predicted molar refractivity (Wildman–Crippen MR) is 93.7 cm³/mol. The monoisotopic (exact) mass is 340 g/mol. The smallest absolute Gasteiger partial charge is 0.269 e. The Balaban J connectivity index is 1.78. The molecule has 2 aromatic rings. The van der Waals surface area contributed by atoms with Crippen molar-refractivity contribution in [3.63, 3.8) is 0 Å². The van der Waals surface area contributed by atoms with Crippen molar-refractivity contribution in [1.29, 1.82) is 0 Å². The van der Waals surface area contributed by atoms with Crippen molar-refractivity contribution in [2.45, 2.75) is 25.8 Å². The lowest BCUT2D eigenvalue weighted by Crippen LogP contribution is -2.30. The second kappa shape index (κ2) is 7.34. The first-order chi connectivity index (χ1) is 12.1. The van der Waals surface area contributed by atoms with Crippen molar-refractivity contribution < 1.29 is 14.5 Å². The van der Waals surface area contributed by atoms with Gasteiger partial charge >= 0.3 is 0 Å². The van der Waals surface area contributed by atoms with Gasteiger partial charge in [-0.2, -0.15) is 0 Å². The van der Waals surface area contributed by atoms with Crippen molar-refractivity contribution in [1.82, 2.24) is 4.90 Å². The molecule has 0 aromatic heterocycles. The molecule has 0 bridgehead atoms. The highest BCUT2D eigenvalue weighted by molar-refractivity contribution is 5.94. The molecule has 1 atom stereocenters. The first-order valence-electron chi connectivity index (χ1n) is 8.38. The molecule has 0 saturated carbocycles. The normalized spacial score (nSPS) is 16.7. The van der Waals surface area contributed by atoms with Crippen molar-refractivity contribution in [2.75, 3.05) is 13.2 Å². The maximum absolute atomic E-state index is 12.8. The van der Waals surface area contributed by atoms with Crippen LogP contribution in [0.2, 0.25) is 0 Å². The fourth-order valence-corrected chi connectivity index (χ4v) is 3.20. The molecule has 130 valence electrons. The van der Waals surface area contributed by atoms with Crippen molar-refractivity contribution >= 4 is 11.6 Å². The van der Waals surface area contributed by atoms with E-state index in [1.807, 2.05) is 36.1 Å². The molecule has 0 spiro atoms. The lowest BCUT2D eigenvalue weighted by atomic mass is 10.0. The minimum atomic E-state index is -0.465. The first-order valence-corrected chi connectivity index (χ1v) is 8.38. The summed E-state index contributed by atoms with van der Waals surface area (Å²) in [5.41, 5.74) is 1.54. The highest BCUT2D eigenvalue weighted by atomic mass is 16.6. The van der Waals surface area contributed by atoms with E-state index in [-0.39, 0.29) is 17.6 Å². The fourth-order valence-electron chi connectivity index (χ4n) is 3.20. The molecule has 0 N–H and O–H groups in total. The van der Waals surface area contributed by atoms with Gasteiger partial charge in [-0.25, -0.2) is 0 Å². The maximum atomic E-state index is 12.8. The van der Waals surface area contributed by atoms with Crippen LogP contribution in [-0.2, 0) is 0 Å². The predicted octanol–water partition coefficient (Wildman–Crippen LogP) is 3.97. The molecule has 1 aliphatic heterocycles. The number of carbonyl (C=O) groups excluding carboxylic acids is 1. The molecule has 3 rings (SSSR count). The van der Waals surface area contributed by atoms with Crippen LogP contribution < -0.4 is 4.74 Å². The van der Waals surface area contributed by atoms with Gasteiger partial charge in [0, 0.05) is 24.2 Å². The van der Waals surface area contributed by atoms with E-state index >= 15 is 0 Å². The molecule has 1 aliphatic rings. The summed E-state index contributed by atoms with van der Waals surface area (Å²) in [5.74, 6) is 0.726. The number of benzene rings is 2. The topological polar surface area (TPSA) is 72.7 Å². The Bertz CT molecular complexity index is 756. The van der Waals surface area contributed by atoms with Crippen LogP contribution in [-0.4, -0.2) is 28.9 Å². The minimum Gasteiger partial charge on any atom is -0.494 e. The summed E-state index contributed by atoms with van der Waals surface area (Å²) < 4.78 is 5.46. The summed E-state index contributed by atoms with van der Waals surface area (Å²) in [5, 5.41) is 10.7. The summed E-state index contributed by atoms with van der Waals surface area (Å²) in [6.07, 6.45) is 1.85. The Labute approximate surface area is 146 Å². The van der Waals surface area contributed by atoms with E-state index in [1.54, 1.807) is 0 Å². The average Bonchev–Trinajstić information content (AvgIpc) is 3.12. The SMILES string of the molecule is CCOc1ccc(C2CCCN2C(=O)c2ccc([N+](=O)[O-])cc2)cc1. The van der Waals surface area contributed by atoms with Gasteiger partial charge < -0.3 is 9.64 Å². The Morgan fingerprint density at radius 3 is 2.48 bits per heavy atom. The van der Waals surface area contributed by atoms with Crippen LogP contribution in [0.25, 0.3) is 0 Å². The highest BCUT2D eigenvalue weighted by Gasteiger charge is 2.30. The van der Waals surface area contributed by atoms with Gasteiger partial charge in [0.15, 0.2) is 0 Å². The van der Waals surface area contributed by atoms with E-state index in [0.717, 1.165) is 24.2 Å². The lowest BCUT2D eigenvalue weighted by Gasteiger charge is -2.25. The van der Waals surface area contributed by atoms with Crippen LogP contribution in [0.15, 0.2) is 48.5 Å². The minimum absolute atomic E-state index is 0.0129. The summed E-state index contributed by atoms with van der Waals surface area (Å²) in [4.78, 5) is 24.9. The van der Waals surface area contributed by atoms with Gasteiger partial charge in [0.05, 0.1) is 17.6 Å². The van der Waals surface area contributed by atoms with Gasteiger partial charge in [0.1, 0.15) is 5.75 Å². The molecule has 1 heterocycles. The molecule has 25 heavy (non-hydrogen) atoms. The Kier molecular flexibility index (Phi) is 4.97. The van der Waals surface area contributed by atoms with E-state index in [9.17, 15) is 14.9 Å². The summed E-state index contributed by atoms with van der Waals surface area (Å²) in [7, 11) is 0. The number of non-ortho nitro benzene ring substituents is 1. The number of ether oxygens (including phenoxy) is 1. The standard InChI is InChI=1S/C19H20N2O4/c1-2-25-17-11-7-14(8-12-17)18-4-3-13-20(18)19(22)15-5-9-16(10-6-15)21(23)24/h5-12,18H,2-4,13H2,1H3. The largest absolute Gasteiger partial charge is 0.494 e. The fraction of sp³-hybridized carbons (Fsp3) is 0.316. The highest BCUT2D eigenvalue weighted by Crippen LogP contribution is 2.34. The van der Waals surface area contributed by atoms with Crippen LogP contribution in [0.3, 0.4) is 0 Å². The molecule has 0 radical (unpaired) electrons. The molecule has 2 aromatic carbocycles. The number of likely N-dealkylation sites (tertiary alicyclic amines) is 1. The number of carbonyl (C=O) groups is 1. The Morgan fingerprint density at radius 2 is 1.88 bits per heavy atom. The van der Waals surface area contributed by atoms with Gasteiger partial charge in [0.25, 0.3) is 11.6 Å². The number of nitro benzene ring substituents is 1. The molecule has 1 saturated heterocycles. The summed E-state index contributed by atoms with van der Waals surface area (Å²) in [6, 6.07) is 13.6. The second-order valence-electron chi connectivity index (χ2n) is 5.96. The number of hydrogen-bond acceptors (Lipinski definition) is 4. The van der Waals surface area contributed by atoms with Gasteiger partial charge in [-0.1, -0.05) is 12.1 Å². The molecular formula is C19H20N2O4. The molecule has 1 amide bonds. The molecule has 1 fully saturated rings. The van der Waals surface area contributed by atoms with Crippen LogP contribution in [0, 0.1) is 10.1 Å². The van der Waals surface area contributed by atoms with Crippen LogP contribution >= 0.6 is 0 Å². The number of rotatable bonds is 5. The van der Waals surface area contributed by atoms with E-state index in [4.69, 9.17) is 4.74 Å². The molecule has 1 unspecified atom stereocenters. The third kappa shape index (κ3) is 3.63. The van der Waals surface area contributed by atoms with Gasteiger partial charge in [-0.15, -0.1) is 0 Å². The van der Waals surface area contributed by atoms with E-state index in [2.05, 4.69) is 0 Å². The molecule has 6 heteroatoms. The lowest BCUT2D eigenvalue weighted by molar-refractivity contribution is -0.384. The third-order valence-corrected chi connectivity index (χ3v) is 4.41.